The number of rotatable bonds is 0. The van der Waals surface area contributed by atoms with E-state index < -0.39 is 0 Å². The summed E-state index contributed by atoms with van der Waals surface area (Å²) in [5.41, 5.74) is 0. The van der Waals surface area contributed by atoms with Gasteiger partial charge >= 0.3 is 0 Å². The summed E-state index contributed by atoms with van der Waals surface area (Å²) < 4.78 is 0. The van der Waals surface area contributed by atoms with Crippen molar-refractivity contribution in [3.63, 3.8) is 0 Å². The van der Waals surface area contributed by atoms with Crippen molar-refractivity contribution < 1.29 is 30.6 Å². The van der Waals surface area contributed by atoms with Gasteiger partial charge in [0.25, 0.3) is 0 Å². The lowest BCUT2D eigenvalue weighted by molar-refractivity contribution is 0.442. The maximum Gasteiger partial charge on any atom is 0.124 e. The molecule has 0 heterocycles. The van der Waals surface area contributed by atoms with Gasteiger partial charge < -0.3 is 30.6 Å². The summed E-state index contributed by atoms with van der Waals surface area (Å²) in [6, 6.07) is 14.6. The Morgan fingerprint density at radius 3 is 0.900 bits per heavy atom. The molecule has 6 heteroatoms. The normalized spacial score (nSPS) is 16.3. The zero-order valence-corrected chi connectivity index (χ0v) is 15.5. The van der Waals surface area contributed by atoms with E-state index in [1.54, 1.807) is 24.3 Å². The minimum Gasteiger partial charge on any atom is -0.507 e. The zero-order valence-electron chi connectivity index (χ0n) is 15.5. The van der Waals surface area contributed by atoms with Gasteiger partial charge in [-0.2, -0.15) is 0 Å². The first-order valence-corrected chi connectivity index (χ1v) is 9.15. The molecule has 4 aromatic rings. The van der Waals surface area contributed by atoms with Gasteiger partial charge in [0, 0.05) is 31.3 Å². The fraction of sp³-hybridized carbons (Fsp3) is 0. The van der Waals surface area contributed by atoms with Crippen molar-refractivity contribution in [2.75, 3.05) is 0 Å². The molecular formula is C24H16O6. The fourth-order valence-corrected chi connectivity index (χ4v) is 4.23. The highest BCUT2D eigenvalue weighted by molar-refractivity contribution is 5.48. The molecule has 0 saturated heterocycles. The largest absolute Gasteiger partial charge is 0.507 e. The van der Waals surface area contributed by atoms with Crippen molar-refractivity contribution in [3.8, 4) is 34.5 Å². The molecule has 1 aliphatic rings. The molecule has 0 amide bonds. The topological polar surface area (TPSA) is 121 Å². The molecule has 0 unspecified atom stereocenters. The van der Waals surface area contributed by atoms with Crippen molar-refractivity contribution >= 4 is 0 Å². The first kappa shape index (κ1) is 17.8. The van der Waals surface area contributed by atoms with Crippen LogP contribution in [-0.2, 0) is 0 Å². The molecule has 0 bridgehead atoms. The Kier molecular flexibility index (Phi) is 3.60. The van der Waals surface area contributed by atoms with Gasteiger partial charge in [-0.3, -0.25) is 0 Å². The van der Waals surface area contributed by atoms with Crippen LogP contribution in [-0.4, -0.2) is 30.6 Å². The second kappa shape index (κ2) is 6.09. The van der Waals surface area contributed by atoms with E-state index in [0.29, 0.717) is 10.4 Å². The van der Waals surface area contributed by atoms with E-state index in [4.69, 9.17) is 0 Å². The Morgan fingerprint density at radius 1 is 0.300 bits per heavy atom. The predicted molar refractivity (Wildman–Crippen MR) is 106 cm³/mol. The Balaban J connectivity index is 2.59. The summed E-state index contributed by atoms with van der Waals surface area (Å²) in [6.45, 7) is 0. The molecule has 0 saturated carbocycles. The number of benzene rings is 4. The molecule has 4 aromatic carbocycles. The van der Waals surface area contributed by atoms with E-state index in [0.717, 1.165) is 0 Å². The number of phenols is 6. The number of phenolic OH excluding ortho intramolecular Hbond substituents is 6. The van der Waals surface area contributed by atoms with Crippen LogP contribution in [0.4, 0.5) is 0 Å². The van der Waals surface area contributed by atoms with Crippen LogP contribution in [0.2, 0.25) is 0 Å². The molecule has 30 heavy (non-hydrogen) atoms. The van der Waals surface area contributed by atoms with Crippen LogP contribution in [0.3, 0.4) is 0 Å². The van der Waals surface area contributed by atoms with Crippen LogP contribution in [0, 0.1) is 41.7 Å². The van der Waals surface area contributed by atoms with E-state index in [1.807, 2.05) is 0 Å². The molecule has 148 valence electrons. The molecule has 1 aliphatic carbocycles. The van der Waals surface area contributed by atoms with E-state index in [9.17, 15) is 30.6 Å². The molecule has 0 atom stereocenters. The van der Waals surface area contributed by atoms with Crippen molar-refractivity contribution in [1.29, 1.82) is 0 Å². The molecular weight excluding hydrogens is 384 g/mol. The van der Waals surface area contributed by atoms with E-state index in [1.165, 1.54) is 36.4 Å². The minimum absolute atomic E-state index is 0.0232. The summed E-state index contributed by atoms with van der Waals surface area (Å²) in [7, 11) is 0. The monoisotopic (exact) mass is 400 g/mol. The summed E-state index contributed by atoms with van der Waals surface area (Å²) in [5.74, 6) is -1.35. The molecule has 0 aromatic heterocycles. The number of hydrogen-bond acceptors (Lipinski definition) is 6. The summed E-state index contributed by atoms with van der Waals surface area (Å²) >= 11 is 0. The van der Waals surface area contributed by atoms with Crippen LogP contribution in [0.25, 0.3) is 0 Å². The van der Waals surface area contributed by atoms with Crippen molar-refractivity contribution in [2.45, 2.75) is 0 Å². The Bertz CT molecular complexity index is 1630. The first-order chi connectivity index (χ1) is 14.4. The molecule has 5 rings (SSSR count). The second-order valence-electron chi connectivity index (χ2n) is 7.11. The highest BCUT2D eigenvalue weighted by Crippen LogP contribution is 2.32. The van der Waals surface area contributed by atoms with Crippen molar-refractivity contribution in [2.24, 2.45) is 0 Å². The Labute approximate surface area is 168 Å². The third kappa shape index (κ3) is 2.24. The highest BCUT2D eigenvalue weighted by Gasteiger charge is 2.14. The Morgan fingerprint density at radius 2 is 0.567 bits per heavy atom. The Hall–Kier alpha value is -4.32. The zero-order chi connectivity index (χ0) is 21.2. The maximum atomic E-state index is 10.7. The van der Waals surface area contributed by atoms with Crippen molar-refractivity contribution in [1.82, 2.24) is 0 Å². The third-order valence-electron chi connectivity index (χ3n) is 5.45. The van der Waals surface area contributed by atoms with Gasteiger partial charge in [-0.1, -0.05) is 24.3 Å². The molecule has 0 fully saturated rings. The SMILES string of the molecule is Oc1cccc2/c1=c1/c(O)ccc(O)/c1=c1\c(O)ccc(O)\c1=c1/c(O)ccc/c1=2. The first-order valence-electron chi connectivity index (χ1n) is 9.15. The van der Waals surface area contributed by atoms with Gasteiger partial charge in [-0.25, -0.2) is 0 Å². The standard InChI is InChI=1S/C24H16O6/c25-13-5-1-3-11-12-4-2-6-14(26)20(12)22-16(28)8-10-18(30)24(22)23-17(29)9-7-15(27)21(23)19(11)13/h1-10,25-30H/b12-11-,21-19+,22-20+,24-23-. The van der Waals surface area contributed by atoms with Crippen LogP contribution < -0.4 is 0 Å². The molecule has 6 nitrogen and oxygen atoms in total. The van der Waals surface area contributed by atoms with E-state index in [2.05, 4.69) is 0 Å². The summed E-state index contributed by atoms with van der Waals surface area (Å²) in [4.78, 5) is 0. The van der Waals surface area contributed by atoms with Gasteiger partial charge in [-0.15, -0.1) is 0 Å². The number of hydrogen-bond donors (Lipinski definition) is 6. The average molecular weight is 400 g/mol. The van der Waals surface area contributed by atoms with Crippen LogP contribution in [0.1, 0.15) is 0 Å². The fourth-order valence-electron chi connectivity index (χ4n) is 4.23. The summed E-state index contributed by atoms with van der Waals surface area (Å²) in [5, 5.41) is 66.1. The predicted octanol–water partition coefficient (Wildman–Crippen LogP) is 3.38. The summed E-state index contributed by atoms with van der Waals surface area (Å²) in [6.07, 6.45) is 0. The molecule has 0 spiro atoms. The smallest absolute Gasteiger partial charge is 0.124 e. The van der Waals surface area contributed by atoms with Gasteiger partial charge in [0.05, 0.1) is 0 Å². The maximum absolute atomic E-state index is 10.7. The lowest BCUT2D eigenvalue weighted by Gasteiger charge is -2.09. The van der Waals surface area contributed by atoms with Gasteiger partial charge in [-0.05, 0) is 46.8 Å². The van der Waals surface area contributed by atoms with Gasteiger partial charge in [0.2, 0.25) is 0 Å². The quantitative estimate of drug-likeness (QED) is 0.222. The molecule has 6 N–H and O–H groups in total. The van der Waals surface area contributed by atoms with Crippen LogP contribution in [0.5, 0.6) is 34.5 Å². The van der Waals surface area contributed by atoms with Gasteiger partial charge in [0.1, 0.15) is 34.5 Å². The number of fused-ring (bicyclic) bond motifs is 4. The molecule has 0 aliphatic heterocycles. The third-order valence-corrected chi connectivity index (χ3v) is 5.45. The van der Waals surface area contributed by atoms with E-state index in [-0.39, 0.29) is 65.8 Å². The number of aromatic hydroxyl groups is 6. The van der Waals surface area contributed by atoms with Crippen molar-refractivity contribution in [3.05, 3.63) is 102 Å². The molecule has 0 radical (unpaired) electrons. The lowest BCUT2D eigenvalue weighted by atomic mass is 9.99. The highest BCUT2D eigenvalue weighted by atomic mass is 16.3. The minimum atomic E-state index is -0.280. The van der Waals surface area contributed by atoms with E-state index >= 15 is 0 Å². The van der Waals surface area contributed by atoms with Crippen LogP contribution in [0.15, 0.2) is 60.7 Å². The lowest BCUT2D eigenvalue weighted by Crippen LogP contribution is -1.92. The average Bonchev–Trinajstić information content (AvgIpc) is 2.71. The van der Waals surface area contributed by atoms with Crippen LogP contribution >= 0.6 is 0 Å². The van der Waals surface area contributed by atoms with Gasteiger partial charge in [0.15, 0.2) is 0 Å². The second-order valence-corrected chi connectivity index (χ2v) is 7.11.